The van der Waals surface area contributed by atoms with Gasteiger partial charge in [0.1, 0.15) is 0 Å². The highest BCUT2D eigenvalue weighted by molar-refractivity contribution is 9.10. The van der Waals surface area contributed by atoms with E-state index in [-0.39, 0.29) is 0 Å². The van der Waals surface area contributed by atoms with Crippen LogP contribution in [0.2, 0.25) is 5.02 Å². The lowest BCUT2D eigenvalue weighted by atomic mass is 9.89. The molecular formula is C16H16BrClO. The van der Waals surface area contributed by atoms with E-state index in [4.69, 9.17) is 11.6 Å². The number of hydrogen-bond acceptors (Lipinski definition) is 1. The lowest BCUT2D eigenvalue weighted by Crippen LogP contribution is -2.16. The van der Waals surface area contributed by atoms with Gasteiger partial charge in [0.2, 0.25) is 0 Å². The minimum absolute atomic E-state index is 0.629. The maximum Gasteiger partial charge on any atom is 0.0847 e. The van der Waals surface area contributed by atoms with Crippen molar-refractivity contribution in [3.8, 4) is 11.1 Å². The van der Waals surface area contributed by atoms with Crippen molar-refractivity contribution in [2.24, 2.45) is 0 Å². The first kappa shape index (κ1) is 14.6. The van der Waals surface area contributed by atoms with Crippen molar-refractivity contribution in [1.82, 2.24) is 0 Å². The van der Waals surface area contributed by atoms with Crippen molar-refractivity contribution in [2.75, 3.05) is 0 Å². The molecule has 3 heteroatoms. The summed E-state index contributed by atoms with van der Waals surface area (Å²) in [5.41, 5.74) is 3.12. The summed E-state index contributed by atoms with van der Waals surface area (Å²) >= 11 is 9.63. The Balaban J connectivity index is 2.72. The largest absolute Gasteiger partial charge is 0.386 e. The standard InChI is InChI=1S/C16H16BrClO/c1-10-4-7-15(17)13(8-10)12-6-5-11(18)9-14(12)16(2,3)19/h4-9,19H,1-3H3. The molecule has 2 aromatic carbocycles. The Hall–Kier alpha value is -0.830. The second-order valence-corrected chi connectivity index (χ2v) is 6.52. The predicted molar refractivity (Wildman–Crippen MR) is 84.6 cm³/mol. The average molecular weight is 340 g/mol. The van der Waals surface area contributed by atoms with Gasteiger partial charge in [-0.05, 0) is 55.7 Å². The zero-order chi connectivity index (χ0) is 14.2. The van der Waals surface area contributed by atoms with Gasteiger partial charge in [0.05, 0.1) is 5.60 Å². The second kappa shape index (κ2) is 5.28. The molecule has 0 aromatic heterocycles. The fourth-order valence-electron chi connectivity index (χ4n) is 2.10. The third-order valence-electron chi connectivity index (χ3n) is 3.05. The highest BCUT2D eigenvalue weighted by atomic mass is 79.9. The molecule has 0 atom stereocenters. The fraction of sp³-hybridized carbons (Fsp3) is 0.250. The van der Waals surface area contributed by atoms with Gasteiger partial charge in [-0.15, -0.1) is 0 Å². The smallest absolute Gasteiger partial charge is 0.0847 e. The lowest BCUT2D eigenvalue weighted by molar-refractivity contribution is 0.0792. The highest BCUT2D eigenvalue weighted by Crippen LogP contribution is 2.37. The molecule has 0 spiro atoms. The number of halogens is 2. The molecule has 0 unspecified atom stereocenters. The summed E-state index contributed by atoms with van der Waals surface area (Å²) < 4.78 is 1.01. The molecule has 100 valence electrons. The van der Waals surface area contributed by atoms with Gasteiger partial charge >= 0.3 is 0 Å². The Labute approximate surface area is 127 Å². The fourth-order valence-corrected chi connectivity index (χ4v) is 2.74. The molecule has 0 aliphatic heterocycles. The average Bonchev–Trinajstić information content (AvgIpc) is 2.31. The van der Waals surface area contributed by atoms with Gasteiger partial charge in [0.15, 0.2) is 0 Å². The van der Waals surface area contributed by atoms with Crippen LogP contribution >= 0.6 is 27.5 Å². The van der Waals surface area contributed by atoms with Gasteiger partial charge < -0.3 is 5.11 Å². The van der Waals surface area contributed by atoms with Crippen molar-refractivity contribution in [2.45, 2.75) is 26.4 Å². The molecule has 0 saturated heterocycles. The van der Waals surface area contributed by atoms with E-state index in [0.717, 1.165) is 21.2 Å². The summed E-state index contributed by atoms with van der Waals surface area (Å²) in [5.74, 6) is 0. The minimum Gasteiger partial charge on any atom is -0.386 e. The molecule has 1 N–H and O–H groups in total. The second-order valence-electron chi connectivity index (χ2n) is 5.23. The number of benzene rings is 2. The van der Waals surface area contributed by atoms with E-state index in [9.17, 15) is 5.11 Å². The Morgan fingerprint density at radius 2 is 1.74 bits per heavy atom. The molecule has 0 heterocycles. The predicted octanol–water partition coefficient (Wildman–Crippen LogP) is 5.31. The van der Waals surface area contributed by atoms with Gasteiger partial charge in [0, 0.05) is 9.50 Å². The summed E-state index contributed by atoms with van der Waals surface area (Å²) in [6.07, 6.45) is 0. The molecular weight excluding hydrogens is 324 g/mol. The maximum absolute atomic E-state index is 10.3. The van der Waals surface area contributed by atoms with Crippen LogP contribution in [-0.4, -0.2) is 5.11 Å². The number of aryl methyl sites for hydroxylation is 1. The van der Waals surface area contributed by atoms with Crippen LogP contribution in [0.25, 0.3) is 11.1 Å². The zero-order valence-corrected chi connectivity index (χ0v) is 13.5. The number of hydrogen-bond donors (Lipinski definition) is 1. The van der Waals surface area contributed by atoms with Crippen LogP contribution in [0.3, 0.4) is 0 Å². The van der Waals surface area contributed by atoms with E-state index in [1.165, 1.54) is 5.56 Å². The van der Waals surface area contributed by atoms with Gasteiger partial charge in [-0.25, -0.2) is 0 Å². The summed E-state index contributed by atoms with van der Waals surface area (Å²) in [5, 5.41) is 11.0. The van der Waals surface area contributed by atoms with Crippen LogP contribution < -0.4 is 0 Å². The third kappa shape index (κ3) is 3.19. The van der Waals surface area contributed by atoms with E-state index in [1.54, 1.807) is 13.8 Å². The Bertz CT molecular complexity index is 615. The SMILES string of the molecule is Cc1ccc(Br)c(-c2ccc(Cl)cc2C(C)(C)O)c1. The van der Waals surface area contributed by atoms with Crippen molar-refractivity contribution < 1.29 is 5.11 Å². The monoisotopic (exact) mass is 338 g/mol. The summed E-state index contributed by atoms with van der Waals surface area (Å²) in [6, 6.07) is 11.8. The van der Waals surface area contributed by atoms with Crippen LogP contribution in [0.15, 0.2) is 40.9 Å². The Morgan fingerprint density at radius 1 is 1.05 bits per heavy atom. The maximum atomic E-state index is 10.3. The van der Waals surface area contributed by atoms with Crippen LogP contribution in [0.4, 0.5) is 0 Å². The van der Waals surface area contributed by atoms with Crippen molar-refractivity contribution >= 4 is 27.5 Å². The van der Waals surface area contributed by atoms with E-state index in [1.807, 2.05) is 30.3 Å². The Morgan fingerprint density at radius 3 is 2.37 bits per heavy atom. The number of rotatable bonds is 2. The van der Waals surface area contributed by atoms with E-state index in [0.29, 0.717) is 5.02 Å². The zero-order valence-electron chi connectivity index (χ0n) is 11.2. The molecule has 0 saturated carbocycles. The summed E-state index contributed by atoms with van der Waals surface area (Å²) in [4.78, 5) is 0. The van der Waals surface area contributed by atoms with Crippen molar-refractivity contribution in [3.63, 3.8) is 0 Å². The van der Waals surface area contributed by atoms with Crippen molar-refractivity contribution in [1.29, 1.82) is 0 Å². The molecule has 0 radical (unpaired) electrons. The van der Waals surface area contributed by atoms with E-state index >= 15 is 0 Å². The molecule has 0 fully saturated rings. The first-order valence-corrected chi connectivity index (χ1v) is 7.25. The lowest BCUT2D eigenvalue weighted by Gasteiger charge is -2.23. The topological polar surface area (TPSA) is 20.2 Å². The van der Waals surface area contributed by atoms with Gasteiger partial charge in [0.25, 0.3) is 0 Å². The molecule has 2 rings (SSSR count). The minimum atomic E-state index is -0.941. The molecule has 19 heavy (non-hydrogen) atoms. The van der Waals surface area contributed by atoms with Crippen LogP contribution in [0.1, 0.15) is 25.0 Å². The molecule has 0 aliphatic rings. The van der Waals surface area contributed by atoms with Gasteiger partial charge in [-0.3, -0.25) is 0 Å². The quantitative estimate of drug-likeness (QED) is 0.786. The van der Waals surface area contributed by atoms with Gasteiger partial charge in [-0.2, -0.15) is 0 Å². The van der Waals surface area contributed by atoms with E-state index in [2.05, 4.69) is 28.9 Å². The summed E-state index contributed by atoms with van der Waals surface area (Å²) in [7, 11) is 0. The molecule has 2 aromatic rings. The Kier molecular flexibility index (Phi) is 4.05. The van der Waals surface area contributed by atoms with Crippen LogP contribution in [0.5, 0.6) is 0 Å². The first-order valence-electron chi connectivity index (χ1n) is 6.08. The normalized spacial score (nSPS) is 11.7. The van der Waals surface area contributed by atoms with Gasteiger partial charge in [-0.1, -0.05) is 51.3 Å². The summed E-state index contributed by atoms with van der Waals surface area (Å²) in [6.45, 7) is 5.59. The third-order valence-corrected chi connectivity index (χ3v) is 3.98. The van der Waals surface area contributed by atoms with Crippen LogP contribution in [-0.2, 0) is 5.60 Å². The van der Waals surface area contributed by atoms with Crippen LogP contribution in [0, 0.1) is 6.92 Å². The molecule has 1 nitrogen and oxygen atoms in total. The molecule has 0 amide bonds. The molecule has 0 bridgehead atoms. The highest BCUT2D eigenvalue weighted by Gasteiger charge is 2.22. The molecule has 0 aliphatic carbocycles. The van der Waals surface area contributed by atoms with E-state index < -0.39 is 5.60 Å². The number of aliphatic hydroxyl groups is 1. The first-order chi connectivity index (χ1) is 8.79. The van der Waals surface area contributed by atoms with Crippen molar-refractivity contribution in [3.05, 3.63) is 57.0 Å².